The van der Waals surface area contributed by atoms with E-state index in [0.717, 1.165) is 12.2 Å². The predicted molar refractivity (Wildman–Crippen MR) is 97.4 cm³/mol. The molecule has 25 heavy (non-hydrogen) atoms. The summed E-state index contributed by atoms with van der Waals surface area (Å²) in [5, 5.41) is 3.16. The Bertz CT molecular complexity index is 812. The van der Waals surface area contributed by atoms with Crippen LogP contribution in [0.25, 0.3) is 6.08 Å². The van der Waals surface area contributed by atoms with Crippen LogP contribution in [-0.4, -0.2) is 20.1 Å². The Hall–Kier alpha value is -2.40. The summed E-state index contributed by atoms with van der Waals surface area (Å²) in [6, 6.07) is 7.05. The number of hydrogen-bond acceptors (Lipinski definition) is 4. The SMILES string of the molecule is COc1cc(NC(=O)/C=C/c2ccc([C@H]3C[C@H]3C)o2)c(OC)cc1Cl. The molecule has 1 aromatic carbocycles. The first-order valence-electron chi connectivity index (χ1n) is 8.02. The van der Waals surface area contributed by atoms with Gasteiger partial charge in [-0.3, -0.25) is 4.79 Å². The number of furan rings is 1. The molecule has 1 aromatic heterocycles. The first kappa shape index (κ1) is 17.4. The molecule has 1 heterocycles. The van der Waals surface area contributed by atoms with Crippen LogP contribution >= 0.6 is 11.6 Å². The van der Waals surface area contributed by atoms with Gasteiger partial charge in [-0.25, -0.2) is 0 Å². The van der Waals surface area contributed by atoms with Gasteiger partial charge in [0.25, 0.3) is 0 Å². The van der Waals surface area contributed by atoms with Gasteiger partial charge in [0.05, 0.1) is 24.9 Å². The maximum Gasteiger partial charge on any atom is 0.248 e. The van der Waals surface area contributed by atoms with Crippen molar-refractivity contribution in [2.24, 2.45) is 5.92 Å². The Morgan fingerprint density at radius 3 is 2.64 bits per heavy atom. The number of amides is 1. The molecular formula is C19H20ClNO4. The molecule has 1 saturated carbocycles. The summed E-state index contributed by atoms with van der Waals surface area (Å²) in [5.74, 6) is 3.44. The number of nitrogens with one attached hydrogen (secondary N) is 1. The van der Waals surface area contributed by atoms with Gasteiger partial charge in [-0.1, -0.05) is 18.5 Å². The molecule has 0 radical (unpaired) electrons. The van der Waals surface area contributed by atoms with Crippen molar-refractivity contribution in [2.45, 2.75) is 19.3 Å². The Morgan fingerprint density at radius 1 is 1.28 bits per heavy atom. The van der Waals surface area contributed by atoms with Gasteiger partial charge in [0, 0.05) is 24.1 Å². The van der Waals surface area contributed by atoms with Gasteiger partial charge in [0.15, 0.2) is 0 Å². The predicted octanol–water partition coefficient (Wildman–Crippen LogP) is 4.73. The molecule has 1 fully saturated rings. The van der Waals surface area contributed by atoms with E-state index < -0.39 is 0 Å². The first-order chi connectivity index (χ1) is 12.0. The molecule has 2 aromatic rings. The second-order valence-electron chi connectivity index (χ2n) is 6.07. The van der Waals surface area contributed by atoms with Gasteiger partial charge in [-0.15, -0.1) is 0 Å². The van der Waals surface area contributed by atoms with Crippen LogP contribution in [0.5, 0.6) is 11.5 Å². The van der Waals surface area contributed by atoms with Crippen LogP contribution in [0.2, 0.25) is 5.02 Å². The lowest BCUT2D eigenvalue weighted by atomic mass is 10.2. The molecule has 6 heteroatoms. The third kappa shape index (κ3) is 3.99. The summed E-state index contributed by atoms with van der Waals surface area (Å²) in [5.41, 5.74) is 0.477. The zero-order valence-electron chi connectivity index (χ0n) is 14.3. The number of carbonyl (C=O) groups excluding carboxylic acids is 1. The second kappa shape index (κ2) is 7.23. The number of hydrogen-bond donors (Lipinski definition) is 1. The summed E-state index contributed by atoms with van der Waals surface area (Å²) in [7, 11) is 3.02. The summed E-state index contributed by atoms with van der Waals surface area (Å²) in [4.78, 5) is 12.2. The van der Waals surface area contributed by atoms with E-state index in [2.05, 4.69) is 12.2 Å². The lowest BCUT2D eigenvalue weighted by Gasteiger charge is -2.12. The molecule has 132 valence electrons. The zero-order valence-corrected chi connectivity index (χ0v) is 15.1. The zero-order chi connectivity index (χ0) is 18.0. The van der Waals surface area contributed by atoms with Crippen LogP contribution in [0, 0.1) is 5.92 Å². The first-order valence-corrected chi connectivity index (χ1v) is 8.40. The Labute approximate surface area is 151 Å². The number of halogens is 1. The minimum atomic E-state index is -0.305. The van der Waals surface area contributed by atoms with Crippen molar-refractivity contribution in [3.05, 3.63) is 46.9 Å². The molecule has 0 unspecified atom stereocenters. The topological polar surface area (TPSA) is 60.7 Å². The van der Waals surface area contributed by atoms with Crippen LogP contribution in [0.4, 0.5) is 5.69 Å². The lowest BCUT2D eigenvalue weighted by Crippen LogP contribution is -2.09. The standard InChI is InChI=1S/C19H20ClNO4/c1-11-8-13(11)16-6-4-12(25-16)5-7-19(22)21-15-10-17(23-2)14(20)9-18(15)24-3/h4-7,9-11,13H,8H2,1-3H3,(H,21,22)/b7-5+/t11-,13+/m1/s1. The summed E-state index contributed by atoms with van der Waals surface area (Å²) in [6.45, 7) is 2.20. The molecule has 3 rings (SSSR count). The minimum absolute atomic E-state index is 0.305. The molecule has 5 nitrogen and oxygen atoms in total. The second-order valence-corrected chi connectivity index (χ2v) is 6.48. The molecule has 1 amide bonds. The number of rotatable bonds is 6. The molecule has 0 saturated heterocycles. The van der Waals surface area contributed by atoms with Gasteiger partial charge in [-0.2, -0.15) is 0 Å². The van der Waals surface area contributed by atoms with Crippen molar-refractivity contribution in [2.75, 3.05) is 19.5 Å². The van der Waals surface area contributed by atoms with Gasteiger partial charge >= 0.3 is 0 Å². The fraction of sp³-hybridized carbons (Fsp3) is 0.316. The Kier molecular flexibility index (Phi) is 5.04. The van der Waals surface area contributed by atoms with Crippen molar-refractivity contribution >= 4 is 29.3 Å². The average molecular weight is 362 g/mol. The maximum atomic E-state index is 12.2. The quantitative estimate of drug-likeness (QED) is 0.756. The fourth-order valence-corrected chi connectivity index (χ4v) is 2.90. The monoisotopic (exact) mass is 361 g/mol. The third-order valence-corrected chi connectivity index (χ3v) is 4.55. The van der Waals surface area contributed by atoms with E-state index in [1.807, 2.05) is 12.1 Å². The highest BCUT2D eigenvalue weighted by Crippen LogP contribution is 2.47. The fourth-order valence-electron chi connectivity index (χ4n) is 2.67. The van der Waals surface area contributed by atoms with E-state index in [4.69, 9.17) is 25.5 Å². The molecule has 1 aliphatic rings. The minimum Gasteiger partial charge on any atom is -0.495 e. The van der Waals surface area contributed by atoms with Crippen LogP contribution in [0.15, 0.2) is 34.8 Å². The highest BCUT2D eigenvalue weighted by Gasteiger charge is 2.36. The summed E-state index contributed by atoms with van der Waals surface area (Å²) >= 11 is 6.06. The van der Waals surface area contributed by atoms with Crippen LogP contribution in [-0.2, 0) is 4.79 Å². The summed E-state index contributed by atoms with van der Waals surface area (Å²) in [6.07, 6.45) is 4.22. The highest BCUT2D eigenvalue weighted by molar-refractivity contribution is 6.32. The average Bonchev–Trinajstić information content (AvgIpc) is 3.14. The van der Waals surface area contributed by atoms with E-state index in [0.29, 0.717) is 39.8 Å². The van der Waals surface area contributed by atoms with E-state index in [-0.39, 0.29) is 5.91 Å². The largest absolute Gasteiger partial charge is 0.495 e. The molecule has 1 N–H and O–H groups in total. The summed E-state index contributed by atoms with van der Waals surface area (Å²) < 4.78 is 16.1. The van der Waals surface area contributed by atoms with Gasteiger partial charge in [0.2, 0.25) is 5.91 Å². The normalized spacial score (nSPS) is 19.0. The molecular weight excluding hydrogens is 342 g/mol. The number of methoxy groups -OCH3 is 2. The Balaban J connectivity index is 1.68. The van der Waals surface area contributed by atoms with Crippen LogP contribution in [0.3, 0.4) is 0 Å². The lowest BCUT2D eigenvalue weighted by molar-refractivity contribution is -0.111. The van der Waals surface area contributed by atoms with Gasteiger partial charge in [0.1, 0.15) is 23.0 Å². The third-order valence-electron chi connectivity index (χ3n) is 4.25. The van der Waals surface area contributed by atoms with Crippen molar-refractivity contribution in [1.82, 2.24) is 0 Å². The van der Waals surface area contributed by atoms with E-state index in [9.17, 15) is 4.79 Å². The van der Waals surface area contributed by atoms with E-state index >= 15 is 0 Å². The smallest absolute Gasteiger partial charge is 0.248 e. The van der Waals surface area contributed by atoms with E-state index in [1.165, 1.54) is 20.3 Å². The molecule has 2 atom stereocenters. The van der Waals surface area contributed by atoms with E-state index in [1.54, 1.807) is 18.2 Å². The number of ether oxygens (including phenoxy) is 2. The van der Waals surface area contributed by atoms with Crippen molar-refractivity contribution in [3.8, 4) is 11.5 Å². The van der Waals surface area contributed by atoms with Crippen molar-refractivity contribution < 1.29 is 18.7 Å². The maximum absolute atomic E-state index is 12.2. The Morgan fingerprint density at radius 2 is 2.00 bits per heavy atom. The molecule has 0 aliphatic heterocycles. The van der Waals surface area contributed by atoms with Crippen molar-refractivity contribution in [1.29, 1.82) is 0 Å². The van der Waals surface area contributed by atoms with Crippen LogP contribution < -0.4 is 14.8 Å². The van der Waals surface area contributed by atoms with Crippen LogP contribution in [0.1, 0.15) is 30.8 Å². The van der Waals surface area contributed by atoms with Gasteiger partial charge < -0.3 is 19.2 Å². The molecule has 1 aliphatic carbocycles. The number of carbonyl (C=O) groups is 1. The molecule has 0 spiro atoms. The highest BCUT2D eigenvalue weighted by atomic mass is 35.5. The molecule has 0 bridgehead atoms. The van der Waals surface area contributed by atoms with Gasteiger partial charge in [-0.05, 0) is 30.5 Å². The number of anilines is 1. The van der Waals surface area contributed by atoms with Crippen molar-refractivity contribution in [3.63, 3.8) is 0 Å². The number of benzene rings is 1.